The van der Waals surface area contributed by atoms with Crippen molar-refractivity contribution >= 4 is 21.9 Å². The van der Waals surface area contributed by atoms with E-state index in [4.69, 9.17) is 11.5 Å². The highest BCUT2D eigenvalue weighted by molar-refractivity contribution is 9.10. The van der Waals surface area contributed by atoms with E-state index in [1.807, 2.05) is 31.2 Å². The second-order valence-corrected chi connectivity index (χ2v) is 3.70. The monoisotopic (exact) mass is 241 g/mol. The summed E-state index contributed by atoms with van der Waals surface area (Å²) in [6.07, 6.45) is 0. The molecule has 1 aromatic rings. The largest absolute Gasteiger partial charge is 0.370 e. The third kappa shape index (κ3) is 3.06. The van der Waals surface area contributed by atoms with Crippen molar-refractivity contribution in [1.29, 1.82) is 0 Å². The summed E-state index contributed by atoms with van der Waals surface area (Å²) in [4.78, 5) is 4.03. The van der Waals surface area contributed by atoms with Crippen LogP contribution in [0.3, 0.4) is 0 Å². The van der Waals surface area contributed by atoms with Crippen molar-refractivity contribution in [2.45, 2.75) is 13.0 Å². The maximum atomic E-state index is 5.28. The van der Waals surface area contributed by atoms with Crippen molar-refractivity contribution < 1.29 is 0 Å². The fourth-order valence-electron chi connectivity index (χ4n) is 1.04. The molecule has 0 spiro atoms. The molecule has 1 rings (SSSR count). The first-order valence-corrected chi connectivity index (χ1v) is 4.73. The van der Waals surface area contributed by atoms with E-state index in [1.54, 1.807) is 0 Å². The molecule has 0 fully saturated rings. The summed E-state index contributed by atoms with van der Waals surface area (Å²) in [5.74, 6) is 0.121. The summed E-state index contributed by atoms with van der Waals surface area (Å²) >= 11 is 3.36. The Labute approximate surface area is 86.0 Å². The van der Waals surface area contributed by atoms with Gasteiger partial charge >= 0.3 is 0 Å². The Morgan fingerprint density at radius 3 is 2.31 bits per heavy atom. The number of halogens is 1. The normalized spacial score (nSPS) is 12.2. The lowest BCUT2D eigenvalue weighted by atomic mass is 10.1. The van der Waals surface area contributed by atoms with Gasteiger partial charge in [-0.3, -0.25) is 0 Å². The number of nitrogens with two attached hydrogens (primary N) is 2. The van der Waals surface area contributed by atoms with Gasteiger partial charge in [-0.05, 0) is 24.6 Å². The molecule has 0 aliphatic carbocycles. The van der Waals surface area contributed by atoms with Crippen molar-refractivity contribution in [3.05, 3.63) is 34.3 Å². The van der Waals surface area contributed by atoms with Crippen LogP contribution in [0.4, 0.5) is 0 Å². The molecule has 0 saturated carbocycles. The van der Waals surface area contributed by atoms with E-state index in [1.165, 1.54) is 0 Å². The molecule has 1 aromatic carbocycles. The minimum Gasteiger partial charge on any atom is -0.370 e. The summed E-state index contributed by atoms with van der Waals surface area (Å²) < 4.78 is 1.05. The minimum atomic E-state index is 0.0121. The van der Waals surface area contributed by atoms with Crippen LogP contribution in [0.15, 0.2) is 33.7 Å². The van der Waals surface area contributed by atoms with E-state index in [0.29, 0.717) is 0 Å². The zero-order valence-electron chi connectivity index (χ0n) is 7.37. The smallest absolute Gasteiger partial charge is 0.186 e. The first kappa shape index (κ1) is 10.1. The van der Waals surface area contributed by atoms with Crippen LogP contribution < -0.4 is 11.5 Å². The van der Waals surface area contributed by atoms with Crippen LogP contribution in [-0.4, -0.2) is 5.96 Å². The van der Waals surface area contributed by atoms with Crippen molar-refractivity contribution in [2.75, 3.05) is 0 Å². The molecule has 4 N–H and O–H groups in total. The second kappa shape index (κ2) is 4.28. The number of hydrogen-bond donors (Lipinski definition) is 2. The number of hydrogen-bond acceptors (Lipinski definition) is 1. The molecule has 4 heteroatoms. The summed E-state index contributed by atoms with van der Waals surface area (Å²) in [5, 5.41) is 0. The van der Waals surface area contributed by atoms with Crippen molar-refractivity contribution in [3.63, 3.8) is 0 Å². The van der Waals surface area contributed by atoms with Gasteiger partial charge in [-0.15, -0.1) is 0 Å². The molecule has 0 radical (unpaired) electrons. The van der Waals surface area contributed by atoms with Gasteiger partial charge in [-0.25, -0.2) is 4.99 Å². The lowest BCUT2D eigenvalue weighted by Crippen LogP contribution is -2.23. The maximum Gasteiger partial charge on any atom is 0.186 e. The Morgan fingerprint density at radius 2 is 1.85 bits per heavy atom. The molecule has 0 aromatic heterocycles. The van der Waals surface area contributed by atoms with Crippen LogP contribution in [0.2, 0.25) is 0 Å². The van der Waals surface area contributed by atoms with Gasteiger partial charge < -0.3 is 11.5 Å². The van der Waals surface area contributed by atoms with E-state index in [9.17, 15) is 0 Å². The van der Waals surface area contributed by atoms with Gasteiger partial charge in [0.2, 0.25) is 0 Å². The number of benzene rings is 1. The Hall–Kier alpha value is -1.03. The van der Waals surface area contributed by atoms with Crippen molar-refractivity contribution in [1.82, 2.24) is 0 Å². The number of guanidine groups is 1. The number of rotatable bonds is 2. The van der Waals surface area contributed by atoms with Crippen molar-refractivity contribution in [3.8, 4) is 0 Å². The standard InChI is InChI=1S/C9H12BrN3/c1-6(13-9(11)12)7-2-4-8(10)5-3-7/h2-6H,1H3,(H4,11,12,13). The van der Waals surface area contributed by atoms with E-state index in [-0.39, 0.29) is 12.0 Å². The van der Waals surface area contributed by atoms with Gasteiger partial charge in [0, 0.05) is 4.47 Å². The molecule has 70 valence electrons. The second-order valence-electron chi connectivity index (χ2n) is 2.78. The van der Waals surface area contributed by atoms with E-state index < -0.39 is 0 Å². The minimum absolute atomic E-state index is 0.0121. The lowest BCUT2D eigenvalue weighted by Gasteiger charge is -2.06. The lowest BCUT2D eigenvalue weighted by molar-refractivity contribution is 0.815. The van der Waals surface area contributed by atoms with Crippen LogP contribution in [-0.2, 0) is 0 Å². The van der Waals surface area contributed by atoms with Crippen LogP contribution >= 0.6 is 15.9 Å². The Morgan fingerprint density at radius 1 is 1.31 bits per heavy atom. The van der Waals surface area contributed by atoms with Crippen molar-refractivity contribution in [2.24, 2.45) is 16.5 Å². The predicted octanol–water partition coefficient (Wildman–Crippen LogP) is 1.78. The SMILES string of the molecule is CC(N=C(N)N)c1ccc(Br)cc1. The molecule has 1 unspecified atom stereocenters. The molecule has 0 bridgehead atoms. The highest BCUT2D eigenvalue weighted by Gasteiger charge is 2.02. The maximum absolute atomic E-state index is 5.28. The molecule has 0 aliphatic rings. The zero-order valence-corrected chi connectivity index (χ0v) is 8.95. The predicted molar refractivity (Wildman–Crippen MR) is 58.4 cm³/mol. The van der Waals surface area contributed by atoms with Gasteiger partial charge in [0.25, 0.3) is 0 Å². The highest BCUT2D eigenvalue weighted by Crippen LogP contribution is 2.18. The van der Waals surface area contributed by atoms with Crippen LogP contribution in [0.1, 0.15) is 18.5 Å². The van der Waals surface area contributed by atoms with Gasteiger partial charge in [0.15, 0.2) is 5.96 Å². The number of nitrogens with zero attached hydrogens (tertiary/aromatic N) is 1. The third-order valence-corrected chi connectivity index (χ3v) is 2.22. The summed E-state index contributed by atoms with van der Waals surface area (Å²) in [5.41, 5.74) is 11.7. The van der Waals surface area contributed by atoms with Crippen LogP contribution in [0.5, 0.6) is 0 Å². The molecule has 3 nitrogen and oxygen atoms in total. The Kier molecular flexibility index (Phi) is 3.31. The molecule has 0 heterocycles. The molecule has 13 heavy (non-hydrogen) atoms. The zero-order chi connectivity index (χ0) is 9.84. The molecule has 0 amide bonds. The molecular weight excluding hydrogens is 230 g/mol. The van der Waals surface area contributed by atoms with Gasteiger partial charge in [-0.1, -0.05) is 28.1 Å². The average molecular weight is 242 g/mol. The quantitative estimate of drug-likeness (QED) is 0.613. The molecule has 0 saturated heterocycles. The fourth-order valence-corrected chi connectivity index (χ4v) is 1.30. The third-order valence-electron chi connectivity index (χ3n) is 1.70. The number of aliphatic imine (C=N–C) groups is 1. The molecule has 0 aliphatic heterocycles. The van der Waals surface area contributed by atoms with E-state index >= 15 is 0 Å². The fraction of sp³-hybridized carbons (Fsp3) is 0.222. The average Bonchev–Trinajstić information content (AvgIpc) is 2.04. The van der Waals surface area contributed by atoms with Crippen LogP contribution in [0.25, 0.3) is 0 Å². The summed E-state index contributed by atoms with van der Waals surface area (Å²) in [6, 6.07) is 7.92. The highest BCUT2D eigenvalue weighted by atomic mass is 79.9. The van der Waals surface area contributed by atoms with Gasteiger partial charge in [-0.2, -0.15) is 0 Å². The van der Waals surface area contributed by atoms with Gasteiger partial charge in [0.1, 0.15) is 0 Å². The van der Waals surface area contributed by atoms with Gasteiger partial charge in [0.05, 0.1) is 6.04 Å². The molecular formula is C9H12BrN3. The first-order valence-electron chi connectivity index (χ1n) is 3.94. The van der Waals surface area contributed by atoms with Crippen LogP contribution in [0, 0.1) is 0 Å². The van der Waals surface area contributed by atoms with E-state index in [0.717, 1.165) is 10.0 Å². The Bertz CT molecular complexity index is 301. The summed E-state index contributed by atoms with van der Waals surface area (Å²) in [6.45, 7) is 1.95. The van der Waals surface area contributed by atoms with E-state index in [2.05, 4.69) is 20.9 Å². The summed E-state index contributed by atoms with van der Waals surface area (Å²) in [7, 11) is 0. The molecule has 1 atom stereocenters. The Balaban J connectivity index is 2.83. The first-order chi connectivity index (χ1) is 6.09. The topological polar surface area (TPSA) is 64.4 Å².